The summed E-state index contributed by atoms with van der Waals surface area (Å²) in [5.41, 5.74) is 5.14. The van der Waals surface area contributed by atoms with Crippen molar-refractivity contribution in [1.29, 1.82) is 0 Å². The Morgan fingerprint density at radius 1 is 0.729 bits per heavy atom. The molecule has 0 saturated carbocycles. The fourth-order valence-electron chi connectivity index (χ4n) is 8.13. The van der Waals surface area contributed by atoms with Crippen LogP contribution < -0.4 is 14.8 Å². The number of hydrogen-bond acceptors (Lipinski definition) is 9. The second-order valence-corrected chi connectivity index (χ2v) is 15.3. The molecule has 2 atom stereocenters. The highest BCUT2D eigenvalue weighted by Crippen LogP contribution is 2.42. The first-order valence-electron chi connectivity index (χ1n) is 21.0. The summed E-state index contributed by atoms with van der Waals surface area (Å²) in [7, 11) is 5.01. The molecule has 59 heavy (non-hydrogen) atoms. The minimum atomic E-state index is -0.981. The van der Waals surface area contributed by atoms with Crippen molar-refractivity contribution in [2.45, 2.75) is 96.3 Å². The fraction of sp³-hybridized carbons (Fsp3) is 0.449. The molecule has 316 valence electrons. The molecule has 0 radical (unpaired) electrons. The number of anilines is 1. The Bertz CT molecular complexity index is 1880. The van der Waals surface area contributed by atoms with Gasteiger partial charge in [0.1, 0.15) is 22.9 Å². The van der Waals surface area contributed by atoms with Gasteiger partial charge in [0.25, 0.3) is 0 Å². The molecule has 1 heterocycles. The van der Waals surface area contributed by atoms with Gasteiger partial charge in [0.05, 0.1) is 45.1 Å². The molecule has 0 unspecified atom stereocenters. The maximum atomic E-state index is 13.8. The van der Waals surface area contributed by atoms with Crippen LogP contribution in [0.2, 0.25) is 0 Å². The number of nitrogens with zero attached hydrogens (tertiary/aromatic N) is 1. The Morgan fingerprint density at radius 3 is 1.85 bits per heavy atom. The molecular weight excluding hydrogens is 745 g/mol. The first kappa shape index (κ1) is 44.9. The molecule has 5 rings (SSSR count). The number of rotatable bonds is 23. The van der Waals surface area contributed by atoms with Crippen LogP contribution in [0, 0.1) is 13.8 Å². The zero-order valence-corrected chi connectivity index (χ0v) is 35.7. The summed E-state index contributed by atoms with van der Waals surface area (Å²) >= 11 is 0. The zero-order chi connectivity index (χ0) is 42.2. The van der Waals surface area contributed by atoms with Crippen LogP contribution in [0.4, 0.5) is 5.69 Å². The average Bonchev–Trinajstić information content (AvgIpc) is 3.68. The first-order chi connectivity index (χ1) is 28.6. The van der Waals surface area contributed by atoms with Crippen LogP contribution >= 0.6 is 0 Å². The quantitative estimate of drug-likeness (QED) is 0.0446. The summed E-state index contributed by atoms with van der Waals surface area (Å²) < 4.78 is 29.2. The lowest BCUT2D eigenvalue weighted by Crippen LogP contribution is -2.42. The number of methoxy groups -OCH3 is 3. The normalized spacial score (nSPS) is 15.2. The summed E-state index contributed by atoms with van der Waals surface area (Å²) in [6.07, 6.45) is 6.21. The van der Waals surface area contributed by atoms with Crippen molar-refractivity contribution >= 4 is 23.3 Å². The number of esters is 1. The smallest absolute Gasteiger partial charge is 0.338 e. The van der Waals surface area contributed by atoms with E-state index in [4.69, 9.17) is 23.7 Å². The van der Waals surface area contributed by atoms with Crippen LogP contribution in [-0.4, -0.2) is 82.3 Å². The Balaban J connectivity index is 1.12. The van der Waals surface area contributed by atoms with Gasteiger partial charge in [-0.3, -0.25) is 9.59 Å². The van der Waals surface area contributed by atoms with Gasteiger partial charge in [-0.15, -0.1) is 0 Å². The molecular formula is C49H62N2O8. The van der Waals surface area contributed by atoms with E-state index in [1.54, 1.807) is 28.3 Å². The lowest BCUT2D eigenvalue weighted by Gasteiger charge is -2.38. The van der Waals surface area contributed by atoms with Crippen LogP contribution in [0.1, 0.15) is 103 Å². The molecule has 1 amide bonds. The third-order valence-electron chi connectivity index (χ3n) is 11.3. The van der Waals surface area contributed by atoms with Crippen molar-refractivity contribution in [3.8, 4) is 11.5 Å². The minimum Gasteiger partial charge on any atom is -0.497 e. The van der Waals surface area contributed by atoms with Crippen molar-refractivity contribution in [2.24, 2.45) is 0 Å². The van der Waals surface area contributed by atoms with E-state index in [-0.39, 0.29) is 29.8 Å². The number of aryl methyl sites for hydroxylation is 2. The maximum Gasteiger partial charge on any atom is 0.338 e. The lowest BCUT2D eigenvalue weighted by molar-refractivity contribution is -0.134. The molecule has 4 aromatic rings. The van der Waals surface area contributed by atoms with Gasteiger partial charge in [0.15, 0.2) is 0 Å². The van der Waals surface area contributed by atoms with Gasteiger partial charge >= 0.3 is 5.97 Å². The Hall–Kier alpha value is -5.19. The van der Waals surface area contributed by atoms with Gasteiger partial charge in [0, 0.05) is 45.1 Å². The van der Waals surface area contributed by atoms with Crippen LogP contribution in [0.25, 0.3) is 0 Å². The van der Waals surface area contributed by atoms with E-state index in [1.807, 2.05) is 97.6 Å². The molecule has 1 N–H and O–H groups in total. The van der Waals surface area contributed by atoms with Crippen LogP contribution in [0.15, 0.2) is 91.0 Å². The maximum absolute atomic E-state index is 13.8. The van der Waals surface area contributed by atoms with Gasteiger partial charge in [-0.25, -0.2) is 4.79 Å². The fourth-order valence-corrected chi connectivity index (χ4v) is 8.13. The predicted molar refractivity (Wildman–Crippen MR) is 231 cm³/mol. The highest BCUT2D eigenvalue weighted by atomic mass is 16.5. The summed E-state index contributed by atoms with van der Waals surface area (Å²) in [5, 5.41) is 3.39. The molecule has 0 spiro atoms. The Morgan fingerprint density at radius 2 is 1.29 bits per heavy atom. The number of carbonyl (C=O) groups is 3. The first-order valence-corrected chi connectivity index (χ1v) is 21.0. The van der Waals surface area contributed by atoms with Crippen molar-refractivity contribution in [1.82, 2.24) is 4.90 Å². The number of likely N-dealkylation sites (tertiary alicyclic amines) is 1. The van der Waals surface area contributed by atoms with Gasteiger partial charge in [-0.1, -0.05) is 67.4 Å². The van der Waals surface area contributed by atoms with Gasteiger partial charge in [-0.05, 0) is 111 Å². The van der Waals surface area contributed by atoms with E-state index < -0.39 is 5.60 Å². The number of hydrogen-bond donors (Lipinski definition) is 1. The number of carbonyl (C=O) groups excluding carboxylic acids is 3. The molecule has 4 aromatic carbocycles. The number of amides is 1. The predicted octanol–water partition coefficient (Wildman–Crippen LogP) is 9.22. The number of ketones is 1. The second kappa shape index (κ2) is 22.3. The van der Waals surface area contributed by atoms with Crippen LogP contribution in [0.5, 0.6) is 11.5 Å². The lowest BCUT2D eigenvalue weighted by atomic mass is 9.80. The minimum absolute atomic E-state index is 0.0769. The molecule has 10 nitrogen and oxygen atoms in total. The second-order valence-electron chi connectivity index (χ2n) is 15.3. The number of nitrogens with one attached hydrogen (secondary N) is 1. The summed E-state index contributed by atoms with van der Waals surface area (Å²) in [6, 6.07) is 29.8. The molecule has 10 heteroatoms. The highest BCUT2D eigenvalue weighted by Gasteiger charge is 2.42. The van der Waals surface area contributed by atoms with Crippen LogP contribution in [0.3, 0.4) is 0 Å². The van der Waals surface area contributed by atoms with Crippen molar-refractivity contribution < 1.29 is 38.1 Å². The molecule has 0 aromatic heterocycles. The summed E-state index contributed by atoms with van der Waals surface area (Å²) in [4.78, 5) is 40.7. The number of unbranched alkanes of at least 4 members (excludes halogenated alkanes) is 3. The Kier molecular flexibility index (Phi) is 16.9. The van der Waals surface area contributed by atoms with Gasteiger partial charge < -0.3 is 33.9 Å². The van der Waals surface area contributed by atoms with E-state index in [0.717, 1.165) is 77.1 Å². The standard InChI is InChI=1S/C49H62N2O8/c1-7-58-48(54)47-35(2)30-40(31-36(47)3)50-29-15-19-42(52)18-13-8-9-14-20-46(53)51-33-45(57-6)32-41(51)34-59-49(37-16-11-10-12-17-37,38-21-25-43(55-4)26-22-38)39-23-27-44(56-5)28-24-39/h10-12,16-17,21-28,30-31,41,45,50H,7-9,13-15,18-20,29,32-34H2,1-6H3/t41-,45+/m0/s1. The van der Waals surface area contributed by atoms with E-state index in [1.165, 1.54) is 0 Å². The molecule has 1 saturated heterocycles. The SMILES string of the molecule is CCOC(=O)c1c(C)cc(NCCCC(=O)CCCCCCC(=O)N2C[C@H](OC)C[C@H]2COC(c2ccccc2)(c2ccc(OC)cc2)c2ccc(OC)cc2)cc1C. The zero-order valence-electron chi connectivity index (χ0n) is 35.7. The summed E-state index contributed by atoms with van der Waals surface area (Å²) in [6.45, 7) is 7.46. The van der Waals surface area contributed by atoms with Crippen molar-refractivity contribution in [3.05, 3.63) is 124 Å². The molecule has 1 fully saturated rings. The number of ether oxygens (including phenoxy) is 5. The number of Topliss-reactive ketones (excluding diaryl/α,β-unsaturated/α-hetero) is 1. The van der Waals surface area contributed by atoms with Gasteiger partial charge in [0.2, 0.25) is 5.91 Å². The van der Waals surface area contributed by atoms with E-state index in [2.05, 4.69) is 17.4 Å². The molecule has 0 aliphatic carbocycles. The topological polar surface area (TPSA) is 113 Å². The summed E-state index contributed by atoms with van der Waals surface area (Å²) in [5.74, 6) is 1.56. The third-order valence-corrected chi connectivity index (χ3v) is 11.3. The Labute approximate surface area is 350 Å². The molecule has 1 aliphatic heterocycles. The van der Waals surface area contributed by atoms with E-state index in [9.17, 15) is 14.4 Å². The van der Waals surface area contributed by atoms with Crippen molar-refractivity contribution in [2.75, 3.05) is 52.9 Å². The number of benzene rings is 4. The average molecular weight is 807 g/mol. The van der Waals surface area contributed by atoms with E-state index in [0.29, 0.717) is 57.6 Å². The largest absolute Gasteiger partial charge is 0.497 e. The van der Waals surface area contributed by atoms with E-state index >= 15 is 0 Å². The molecule has 1 aliphatic rings. The van der Waals surface area contributed by atoms with Crippen molar-refractivity contribution in [3.63, 3.8) is 0 Å². The highest BCUT2D eigenvalue weighted by molar-refractivity contribution is 5.93. The third kappa shape index (κ3) is 11.7. The van der Waals surface area contributed by atoms with Gasteiger partial charge in [-0.2, -0.15) is 0 Å². The monoisotopic (exact) mass is 806 g/mol. The molecule has 0 bridgehead atoms. The van der Waals surface area contributed by atoms with Crippen LogP contribution in [-0.2, 0) is 29.4 Å².